The number of halogens is 3. The van der Waals surface area contributed by atoms with Crippen molar-refractivity contribution >= 4 is 40.3 Å². The molecular weight excluding hydrogens is 330 g/mol. The van der Waals surface area contributed by atoms with E-state index in [1.807, 2.05) is 19.1 Å². The molecule has 3 nitrogen and oxygen atoms in total. The van der Waals surface area contributed by atoms with E-state index in [2.05, 4.69) is 15.4 Å². The van der Waals surface area contributed by atoms with Gasteiger partial charge in [0, 0.05) is 16.4 Å². The van der Waals surface area contributed by atoms with Crippen molar-refractivity contribution in [2.24, 2.45) is 0 Å². The van der Waals surface area contributed by atoms with Crippen LogP contribution in [0.4, 0.5) is 20.2 Å². The van der Waals surface area contributed by atoms with Gasteiger partial charge >= 0.3 is 6.61 Å². The first-order chi connectivity index (χ1) is 10.4. The molecule has 0 aromatic heterocycles. The third kappa shape index (κ3) is 4.82. The Morgan fingerprint density at radius 2 is 1.68 bits per heavy atom. The number of thiocarbonyl (C=S) groups is 1. The van der Waals surface area contributed by atoms with E-state index in [-0.39, 0.29) is 5.75 Å². The van der Waals surface area contributed by atoms with E-state index >= 15 is 0 Å². The number of anilines is 2. The Morgan fingerprint density at radius 1 is 1.09 bits per heavy atom. The van der Waals surface area contributed by atoms with E-state index in [4.69, 9.17) is 23.8 Å². The van der Waals surface area contributed by atoms with E-state index < -0.39 is 6.61 Å². The smallest absolute Gasteiger partial charge is 0.387 e. The molecule has 2 aromatic carbocycles. The summed E-state index contributed by atoms with van der Waals surface area (Å²) in [6, 6.07) is 11.5. The zero-order valence-electron chi connectivity index (χ0n) is 11.6. The van der Waals surface area contributed by atoms with Crippen molar-refractivity contribution < 1.29 is 13.5 Å². The van der Waals surface area contributed by atoms with Crippen LogP contribution in [-0.4, -0.2) is 11.7 Å². The van der Waals surface area contributed by atoms with Gasteiger partial charge in [-0.05, 0) is 61.1 Å². The number of rotatable bonds is 4. The summed E-state index contributed by atoms with van der Waals surface area (Å²) in [5.74, 6) is 0.0877. The van der Waals surface area contributed by atoms with Crippen molar-refractivity contribution in [1.82, 2.24) is 0 Å². The molecule has 22 heavy (non-hydrogen) atoms. The van der Waals surface area contributed by atoms with Crippen LogP contribution in [0.15, 0.2) is 42.5 Å². The second kappa shape index (κ2) is 7.38. The van der Waals surface area contributed by atoms with Crippen molar-refractivity contribution in [3.05, 3.63) is 53.1 Å². The van der Waals surface area contributed by atoms with Crippen LogP contribution in [0.25, 0.3) is 0 Å². The predicted octanol–water partition coefficient (Wildman–Crippen LogP) is 5.06. The standard InChI is InChI=1S/C15H13ClF2N2OS/c1-9-2-3-11(8-13(9)16)20-15(22)19-10-4-6-12(7-5-10)21-14(17)18/h2-8,14H,1H3,(H2,19,20,22). The number of aryl methyl sites for hydroxylation is 1. The molecule has 7 heteroatoms. The SMILES string of the molecule is Cc1ccc(NC(=S)Nc2ccc(OC(F)F)cc2)cc1Cl. The number of benzene rings is 2. The molecule has 0 heterocycles. The molecular formula is C15H13ClF2N2OS. The van der Waals surface area contributed by atoms with E-state index in [0.29, 0.717) is 15.8 Å². The van der Waals surface area contributed by atoms with Gasteiger partial charge in [0.2, 0.25) is 0 Å². The average molecular weight is 343 g/mol. The molecule has 0 atom stereocenters. The molecule has 0 aliphatic rings. The summed E-state index contributed by atoms with van der Waals surface area (Å²) >= 11 is 11.2. The van der Waals surface area contributed by atoms with E-state index in [9.17, 15) is 8.78 Å². The first kappa shape index (κ1) is 16.5. The maximum Gasteiger partial charge on any atom is 0.387 e. The average Bonchev–Trinajstić information content (AvgIpc) is 2.44. The number of nitrogens with one attached hydrogen (secondary N) is 2. The van der Waals surface area contributed by atoms with Crippen LogP contribution >= 0.6 is 23.8 Å². The van der Waals surface area contributed by atoms with Crippen molar-refractivity contribution in [3.8, 4) is 5.75 Å². The second-order valence-electron chi connectivity index (χ2n) is 4.45. The van der Waals surface area contributed by atoms with Crippen molar-refractivity contribution in [2.45, 2.75) is 13.5 Å². The van der Waals surface area contributed by atoms with Crippen molar-refractivity contribution in [2.75, 3.05) is 10.6 Å². The van der Waals surface area contributed by atoms with Crippen LogP contribution in [-0.2, 0) is 0 Å². The monoisotopic (exact) mass is 342 g/mol. The molecule has 2 rings (SSSR count). The maximum atomic E-state index is 12.1. The number of hydrogen-bond acceptors (Lipinski definition) is 2. The van der Waals surface area contributed by atoms with Crippen molar-refractivity contribution in [3.63, 3.8) is 0 Å². The largest absolute Gasteiger partial charge is 0.435 e. The summed E-state index contributed by atoms with van der Waals surface area (Å²) in [6.07, 6.45) is 0. The zero-order valence-corrected chi connectivity index (χ0v) is 13.1. The van der Waals surface area contributed by atoms with Crippen LogP contribution in [0, 0.1) is 6.92 Å². The lowest BCUT2D eigenvalue weighted by Crippen LogP contribution is -2.19. The molecule has 2 aromatic rings. The minimum absolute atomic E-state index is 0.0877. The zero-order chi connectivity index (χ0) is 16.1. The molecule has 0 saturated carbocycles. The highest BCUT2D eigenvalue weighted by Gasteiger charge is 2.05. The molecule has 0 bridgehead atoms. The van der Waals surface area contributed by atoms with Gasteiger partial charge in [0.15, 0.2) is 5.11 Å². The highest BCUT2D eigenvalue weighted by atomic mass is 35.5. The molecule has 2 N–H and O–H groups in total. The fourth-order valence-electron chi connectivity index (χ4n) is 1.68. The maximum absolute atomic E-state index is 12.1. The number of ether oxygens (including phenoxy) is 1. The molecule has 0 fully saturated rings. The molecule has 0 aliphatic heterocycles. The molecule has 0 aliphatic carbocycles. The third-order valence-electron chi connectivity index (χ3n) is 2.77. The van der Waals surface area contributed by atoms with E-state index in [0.717, 1.165) is 11.3 Å². The predicted molar refractivity (Wildman–Crippen MR) is 89.1 cm³/mol. The Bertz CT molecular complexity index is 665. The Balaban J connectivity index is 1.95. The van der Waals surface area contributed by atoms with Crippen LogP contribution in [0.1, 0.15) is 5.56 Å². The third-order valence-corrected chi connectivity index (χ3v) is 3.38. The van der Waals surface area contributed by atoms with Gasteiger partial charge in [-0.2, -0.15) is 8.78 Å². The summed E-state index contributed by atoms with van der Waals surface area (Å²) in [7, 11) is 0. The van der Waals surface area contributed by atoms with E-state index in [1.165, 1.54) is 12.1 Å². The van der Waals surface area contributed by atoms with Gasteiger partial charge in [-0.1, -0.05) is 17.7 Å². The molecule has 0 saturated heterocycles. The van der Waals surface area contributed by atoms with Gasteiger partial charge < -0.3 is 15.4 Å². The van der Waals surface area contributed by atoms with Crippen LogP contribution < -0.4 is 15.4 Å². The van der Waals surface area contributed by atoms with Gasteiger partial charge in [-0.25, -0.2) is 0 Å². The lowest BCUT2D eigenvalue weighted by Gasteiger charge is -2.12. The molecule has 0 amide bonds. The first-order valence-corrected chi connectivity index (χ1v) is 7.11. The summed E-state index contributed by atoms with van der Waals surface area (Å²) in [4.78, 5) is 0. The topological polar surface area (TPSA) is 33.3 Å². The van der Waals surface area contributed by atoms with Crippen LogP contribution in [0.5, 0.6) is 5.75 Å². The van der Waals surface area contributed by atoms with Gasteiger partial charge in [0.05, 0.1) is 0 Å². The Labute approximate surface area is 137 Å². The highest BCUT2D eigenvalue weighted by Crippen LogP contribution is 2.21. The van der Waals surface area contributed by atoms with Gasteiger partial charge in [-0.15, -0.1) is 0 Å². The Morgan fingerprint density at radius 3 is 2.27 bits per heavy atom. The highest BCUT2D eigenvalue weighted by molar-refractivity contribution is 7.80. The first-order valence-electron chi connectivity index (χ1n) is 6.33. The lowest BCUT2D eigenvalue weighted by molar-refractivity contribution is -0.0498. The van der Waals surface area contributed by atoms with Crippen LogP contribution in [0.3, 0.4) is 0 Å². The fraction of sp³-hybridized carbons (Fsp3) is 0.133. The van der Waals surface area contributed by atoms with Crippen LogP contribution in [0.2, 0.25) is 5.02 Å². The Hall–Kier alpha value is -1.92. The van der Waals surface area contributed by atoms with Gasteiger partial charge in [-0.3, -0.25) is 0 Å². The quantitative estimate of drug-likeness (QED) is 0.761. The van der Waals surface area contributed by atoms with Crippen molar-refractivity contribution in [1.29, 1.82) is 0 Å². The molecule has 116 valence electrons. The minimum Gasteiger partial charge on any atom is -0.435 e. The second-order valence-corrected chi connectivity index (χ2v) is 5.26. The normalized spacial score (nSPS) is 10.4. The summed E-state index contributed by atoms with van der Waals surface area (Å²) in [5.41, 5.74) is 2.38. The fourth-order valence-corrected chi connectivity index (χ4v) is 2.10. The summed E-state index contributed by atoms with van der Waals surface area (Å²) in [6.45, 7) is -0.932. The Kier molecular flexibility index (Phi) is 5.51. The van der Waals surface area contributed by atoms with E-state index in [1.54, 1.807) is 18.2 Å². The van der Waals surface area contributed by atoms with Gasteiger partial charge in [0.1, 0.15) is 5.75 Å². The summed E-state index contributed by atoms with van der Waals surface area (Å²) < 4.78 is 28.4. The molecule has 0 unspecified atom stereocenters. The number of alkyl halides is 2. The summed E-state index contributed by atoms with van der Waals surface area (Å²) in [5, 5.41) is 6.93. The molecule has 0 spiro atoms. The minimum atomic E-state index is -2.84. The lowest BCUT2D eigenvalue weighted by atomic mass is 10.2. The number of hydrogen-bond donors (Lipinski definition) is 2. The molecule has 0 radical (unpaired) electrons. The van der Waals surface area contributed by atoms with Gasteiger partial charge in [0.25, 0.3) is 0 Å².